The van der Waals surface area contributed by atoms with Crippen molar-refractivity contribution < 1.29 is 26.7 Å². The zero-order valence-corrected chi connectivity index (χ0v) is 20.0. The van der Waals surface area contributed by atoms with Crippen molar-refractivity contribution in [1.29, 1.82) is 0 Å². The van der Waals surface area contributed by atoms with Crippen LogP contribution in [-0.2, 0) is 6.54 Å². The molecule has 35 heavy (non-hydrogen) atoms. The Morgan fingerprint density at radius 2 is 2.00 bits per heavy atom. The number of rotatable bonds is 7. The SMILES string of the molecule is CC1CCN(c2cc(F)c(C=NNC(N)=S)cc2F)C(N(C)Cc2ccccc2OC(F)(F)F)C1. The molecular weight excluding hydrogens is 489 g/mol. The Balaban J connectivity index is 1.87. The lowest BCUT2D eigenvalue weighted by Gasteiger charge is -2.44. The molecule has 2 aromatic carbocycles. The maximum atomic E-state index is 15.1. The molecule has 1 aliphatic rings. The van der Waals surface area contributed by atoms with Crippen molar-refractivity contribution >= 4 is 29.2 Å². The number of halogens is 5. The normalized spacial score (nSPS) is 18.8. The summed E-state index contributed by atoms with van der Waals surface area (Å²) in [5.41, 5.74) is 7.83. The van der Waals surface area contributed by atoms with Crippen LogP contribution in [0.5, 0.6) is 5.75 Å². The molecule has 190 valence electrons. The highest BCUT2D eigenvalue weighted by atomic mass is 32.1. The molecule has 6 nitrogen and oxygen atoms in total. The number of hydrogen-bond acceptors (Lipinski definition) is 5. The summed E-state index contributed by atoms with van der Waals surface area (Å²) in [5.74, 6) is -1.37. The van der Waals surface area contributed by atoms with Gasteiger partial charge in [0.25, 0.3) is 0 Å². The van der Waals surface area contributed by atoms with Crippen LogP contribution < -0.4 is 20.8 Å². The van der Waals surface area contributed by atoms with Gasteiger partial charge in [-0.25, -0.2) is 8.78 Å². The summed E-state index contributed by atoms with van der Waals surface area (Å²) in [7, 11) is 1.73. The molecule has 0 aromatic heterocycles. The monoisotopic (exact) mass is 515 g/mol. The molecule has 2 atom stereocenters. The molecule has 3 rings (SSSR count). The van der Waals surface area contributed by atoms with E-state index in [2.05, 4.69) is 27.5 Å². The Bertz CT molecular complexity index is 1080. The van der Waals surface area contributed by atoms with Gasteiger partial charge in [0.2, 0.25) is 0 Å². The second-order valence-electron chi connectivity index (χ2n) is 8.43. The Labute approximate surface area is 205 Å². The minimum absolute atomic E-state index is 0.0607. The van der Waals surface area contributed by atoms with E-state index < -0.39 is 18.0 Å². The van der Waals surface area contributed by atoms with Crippen molar-refractivity contribution in [3.63, 3.8) is 0 Å². The highest BCUT2D eigenvalue weighted by Crippen LogP contribution is 2.34. The van der Waals surface area contributed by atoms with Crippen molar-refractivity contribution in [2.45, 2.75) is 38.8 Å². The molecule has 0 bridgehead atoms. The molecular formula is C23H26F5N5OS. The number of piperidine rings is 1. The lowest BCUT2D eigenvalue weighted by Crippen LogP contribution is -2.51. The molecule has 0 saturated carbocycles. The topological polar surface area (TPSA) is 66.1 Å². The Kier molecular flexibility index (Phi) is 8.49. The average molecular weight is 516 g/mol. The summed E-state index contributed by atoms with van der Waals surface area (Å²) in [6, 6.07) is 7.99. The summed E-state index contributed by atoms with van der Waals surface area (Å²) in [5, 5.41) is 3.54. The van der Waals surface area contributed by atoms with Gasteiger partial charge >= 0.3 is 6.36 Å². The molecule has 1 heterocycles. The quantitative estimate of drug-likeness (QED) is 0.241. The predicted molar refractivity (Wildman–Crippen MR) is 128 cm³/mol. The fraction of sp³-hybridized carbons (Fsp3) is 0.391. The van der Waals surface area contributed by atoms with Gasteiger partial charge in [-0.2, -0.15) is 5.10 Å². The van der Waals surface area contributed by atoms with E-state index in [-0.39, 0.29) is 40.7 Å². The van der Waals surface area contributed by atoms with Crippen LogP contribution in [0.3, 0.4) is 0 Å². The maximum absolute atomic E-state index is 15.1. The summed E-state index contributed by atoms with van der Waals surface area (Å²) in [6.45, 7) is 2.60. The van der Waals surface area contributed by atoms with Crippen LogP contribution in [0.4, 0.5) is 27.6 Å². The first-order valence-corrected chi connectivity index (χ1v) is 11.2. The third-order valence-corrected chi connectivity index (χ3v) is 5.81. The molecule has 0 aliphatic carbocycles. The first-order valence-electron chi connectivity index (χ1n) is 10.8. The zero-order chi connectivity index (χ0) is 25.8. The number of hydrazone groups is 1. The third-order valence-electron chi connectivity index (χ3n) is 5.72. The number of hydrogen-bond donors (Lipinski definition) is 2. The average Bonchev–Trinajstić information content (AvgIpc) is 2.76. The fourth-order valence-electron chi connectivity index (χ4n) is 4.08. The van der Waals surface area contributed by atoms with E-state index in [0.717, 1.165) is 24.8 Å². The Morgan fingerprint density at radius 1 is 1.29 bits per heavy atom. The number of anilines is 1. The number of para-hydroxylation sites is 1. The summed E-state index contributed by atoms with van der Waals surface area (Å²) in [6.07, 6.45) is -2.78. The molecule has 12 heteroatoms. The minimum Gasteiger partial charge on any atom is -0.405 e. The van der Waals surface area contributed by atoms with Crippen LogP contribution in [0.25, 0.3) is 0 Å². The number of nitrogens with two attached hydrogens (primary N) is 1. The van der Waals surface area contributed by atoms with Crippen LogP contribution >= 0.6 is 12.2 Å². The van der Waals surface area contributed by atoms with Crippen LogP contribution in [0.1, 0.15) is 30.9 Å². The first-order chi connectivity index (χ1) is 16.4. The van der Waals surface area contributed by atoms with Crippen molar-refractivity contribution in [2.75, 3.05) is 18.5 Å². The van der Waals surface area contributed by atoms with E-state index in [9.17, 15) is 17.6 Å². The molecule has 1 saturated heterocycles. The lowest BCUT2D eigenvalue weighted by atomic mass is 9.94. The predicted octanol–water partition coefficient (Wildman–Crippen LogP) is 4.72. The van der Waals surface area contributed by atoms with E-state index in [4.69, 9.17) is 5.73 Å². The maximum Gasteiger partial charge on any atom is 0.573 e. The van der Waals surface area contributed by atoms with Crippen molar-refractivity contribution in [3.05, 3.63) is 59.2 Å². The van der Waals surface area contributed by atoms with Gasteiger partial charge in [-0.15, -0.1) is 13.2 Å². The molecule has 2 aromatic rings. The van der Waals surface area contributed by atoms with Crippen molar-refractivity contribution in [1.82, 2.24) is 10.3 Å². The van der Waals surface area contributed by atoms with E-state index in [0.29, 0.717) is 18.5 Å². The minimum atomic E-state index is -4.82. The fourth-order valence-corrected chi connectivity index (χ4v) is 4.13. The van der Waals surface area contributed by atoms with Crippen LogP contribution in [-0.4, -0.2) is 42.3 Å². The first kappa shape index (κ1) is 26.6. The number of ether oxygens (including phenoxy) is 1. The van der Waals surface area contributed by atoms with Gasteiger partial charge in [0.15, 0.2) is 5.11 Å². The molecule has 1 fully saturated rings. The highest BCUT2D eigenvalue weighted by molar-refractivity contribution is 7.80. The van der Waals surface area contributed by atoms with E-state index in [1.165, 1.54) is 12.1 Å². The van der Waals surface area contributed by atoms with E-state index >= 15 is 4.39 Å². The number of benzene rings is 2. The van der Waals surface area contributed by atoms with Gasteiger partial charge in [0.05, 0.1) is 18.1 Å². The third kappa shape index (κ3) is 7.25. The lowest BCUT2D eigenvalue weighted by molar-refractivity contribution is -0.275. The van der Waals surface area contributed by atoms with Gasteiger partial charge in [-0.1, -0.05) is 25.1 Å². The van der Waals surface area contributed by atoms with Crippen molar-refractivity contribution in [2.24, 2.45) is 16.8 Å². The number of alkyl halides is 3. The van der Waals surface area contributed by atoms with Crippen LogP contribution in [0, 0.1) is 17.6 Å². The number of nitrogens with zero attached hydrogens (tertiary/aromatic N) is 3. The summed E-state index contributed by atoms with van der Waals surface area (Å²) >= 11 is 4.61. The largest absolute Gasteiger partial charge is 0.573 e. The van der Waals surface area contributed by atoms with Gasteiger partial charge in [-0.05, 0) is 50.2 Å². The van der Waals surface area contributed by atoms with Gasteiger partial charge in [-0.3, -0.25) is 10.3 Å². The molecule has 0 amide bonds. The number of thiocarbonyl (C=S) groups is 1. The standard InChI is InChI=1S/C23H26F5N5OS/c1-14-7-8-33(19-11-17(24)16(10-18(19)25)12-30-31-22(29)35)21(9-14)32(2)13-15-5-3-4-6-20(15)34-23(26,27)28/h3-6,10-12,14,21H,7-9,13H2,1-2H3,(H3,29,31,35). The summed E-state index contributed by atoms with van der Waals surface area (Å²) in [4.78, 5) is 3.55. The second-order valence-corrected chi connectivity index (χ2v) is 8.87. The second kappa shape index (κ2) is 11.2. The van der Waals surface area contributed by atoms with Gasteiger partial charge in [0.1, 0.15) is 17.4 Å². The van der Waals surface area contributed by atoms with E-state index in [1.54, 1.807) is 24.1 Å². The summed E-state index contributed by atoms with van der Waals surface area (Å²) < 4.78 is 72.5. The van der Waals surface area contributed by atoms with Gasteiger partial charge < -0.3 is 15.4 Å². The molecule has 0 spiro atoms. The number of nitrogens with one attached hydrogen (secondary N) is 1. The molecule has 2 unspecified atom stereocenters. The Morgan fingerprint density at radius 3 is 2.69 bits per heavy atom. The molecule has 0 radical (unpaired) electrons. The van der Waals surface area contributed by atoms with E-state index in [1.807, 2.05) is 11.8 Å². The highest BCUT2D eigenvalue weighted by Gasteiger charge is 2.34. The Hall–Kier alpha value is -2.99. The molecule has 3 N–H and O–H groups in total. The smallest absolute Gasteiger partial charge is 0.405 e. The van der Waals surface area contributed by atoms with Gasteiger partial charge in [0, 0.05) is 30.3 Å². The van der Waals surface area contributed by atoms with Crippen LogP contribution in [0.2, 0.25) is 0 Å². The zero-order valence-electron chi connectivity index (χ0n) is 19.1. The van der Waals surface area contributed by atoms with Crippen LogP contribution in [0.15, 0.2) is 41.5 Å². The van der Waals surface area contributed by atoms with Crippen molar-refractivity contribution in [3.8, 4) is 5.75 Å². The molecule has 1 aliphatic heterocycles.